The monoisotopic (exact) mass is 211 g/mol. The minimum Gasteiger partial charge on any atom is -0.465 e. The third-order valence-corrected chi connectivity index (χ3v) is 1.90. The highest BCUT2D eigenvalue weighted by molar-refractivity contribution is 6.31. The summed E-state index contributed by atoms with van der Waals surface area (Å²) < 4.78 is 0. The van der Waals surface area contributed by atoms with E-state index in [4.69, 9.17) is 16.7 Å². The molecule has 0 atom stereocenters. The van der Waals surface area contributed by atoms with Gasteiger partial charge in [-0.25, -0.2) is 9.78 Å². The SMILES string of the molecule is O=C(O)Nc1nc2ccc(Cl)cc2[nH]1. The fourth-order valence-corrected chi connectivity index (χ4v) is 1.31. The van der Waals surface area contributed by atoms with Crippen molar-refractivity contribution in [2.75, 3.05) is 5.32 Å². The molecule has 0 spiro atoms. The number of amides is 1. The highest BCUT2D eigenvalue weighted by Gasteiger charge is 2.04. The molecule has 0 radical (unpaired) electrons. The normalized spacial score (nSPS) is 10.4. The Balaban J connectivity index is 2.46. The first-order chi connectivity index (χ1) is 6.65. The van der Waals surface area contributed by atoms with Crippen LogP contribution in [0.4, 0.5) is 10.7 Å². The number of halogens is 1. The van der Waals surface area contributed by atoms with Crippen molar-refractivity contribution in [3.05, 3.63) is 23.2 Å². The van der Waals surface area contributed by atoms with E-state index in [0.29, 0.717) is 16.1 Å². The first-order valence-electron chi connectivity index (χ1n) is 3.80. The molecular formula is C8H6ClN3O2. The number of carbonyl (C=O) groups is 1. The number of aromatic nitrogens is 2. The van der Waals surface area contributed by atoms with Crippen molar-refractivity contribution in [1.29, 1.82) is 0 Å². The number of hydrogen-bond donors (Lipinski definition) is 3. The summed E-state index contributed by atoms with van der Waals surface area (Å²) in [6.45, 7) is 0. The first-order valence-corrected chi connectivity index (χ1v) is 4.18. The van der Waals surface area contributed by atoms with Gasteiger partial charge in [0.25, 0.3) is 0 Å². The second-order valence-corrected chi connectivity index (χ2v) is 3.11. The van der Waals surface area contributed by atoms with Gasteiger partial charge in [0.2, 0.25) is 5.95 Å². The molecule has 0 unspecified atom stereocenters. The molecule has 14 heavy (non-hydrogen) atoms. The summed E-state index contributed by atoms with van der Waals surface area (Å²) in [7, 11) is 0. The fraction of sp³-hybridized carbons (Fsp3) is 0. The van der Waals surface area contributed by atoms with Gasteiger partial charge < -0.3 is 10.1 Å². The van der Waals surface area contributed by atoms with Crippen LogP contribution in [-0.4, -0.2) is 21.2 Å². The van der Waals surface area contributed by atoms with E-state index in [-0.39, 0.29) is 5.95 Å². The van der Waals surface area contributed by atoms with Crippen LogP contribution in [0.25, 0.3) is 11.0 Å². The summed E-state index contributed by atoms with van der Waals surface area (Å²) in [4.78, 5) is 17.1. The number of anilines is 1. The number of aromatic amines is 1. The van der Waals surface area contributed by atoms with Crippen LogP contribution in [0.15, 0.2) is 18.2 Å². The van der Waals surface area contributed by atoms with Crippen LogP contribution < -0.4 is 5.32 Å². The molecule has 0 fully saturated rings. The summed E-state index contributed by atoms with van der Waals surface area (Å²) >= 11 is 5.75. The van der Waals surface area contributed by atoms with Crippen molar-refractivity contribution in [1.82, 2.24) is 9.97 Å². The summed E-state index contributed by atoms with van der Waals surface area (Å²) in [6, 6.07) is 5.08. The lowest BCUT2D eigenvalue weighted by Gasteiger charge is -1.90. The van der Waals surface area contributed by atoms with Crippen LogP contribution in [0, 0.1) is 0 Å². The van der Waals surface area contributed by atoms with Crippen LogP contribution in [0.2, 0.25) is 5.02 Å². The molecule has 2 aromatic rings. The first kappa shape index (κ1) is 8.83. The van der Waals surface area contributed by atoms with Gasteiger partial charge in [-0.05, 0) is 18.2 Å². The summed E-state index contributed by atoms with van der Waals surface area (Å²) in [5.41, 5.74) is 1.36. The van der Waals surface area contributed by atoms with Crippen LogP contribution in [-0.2, 0) is 0 Å². The van der Waals surface area contributed by atoms with Gasteiger partial charge >= 0.3 is 6.09 Å². The Bertz CT molecular complexity index is 494. The number of rotatable bonds is 1. The van der Waals surface area contributed by atoms with E-state index in [9.17, 15) is 4.79 Å². The lowest BCUT2D eigenvalue weighted by Crippen LogP contribution is -2.08. The Morgan fingerprint density at radius 2 is 2.36 bits per heavy atom. The van der Waals surface area contributed by atoms with E-state index in [0.717, 1.165) is 0 Å². The fourth-order valence-electron chi connectivity index (χ4n) is 1.14. The van der Waals surface area contributed by atoms with Crippen molar-refractivity contribution < 1.29 is 9.90 Å². The van der Waals surface area contributed by atoms with Crippen molar-refractivity contribution in [2.45, 2.75) is 0 Å². The van der Waals surface area contributed by atoms with E-state index in [1.807, 2.05) is 0 Å². The Morgan fingerprint density at radius 1 is 1.57 bits per heavy atom. The zero-order valence-corrected chi connectivity index (χ0v) is 7.67. The molecule has 6 heteroatoms. The Morgan fingerprint density at radius 3 is 3.07 bits per heavy atom. The summed E-state index contributed by atoms with van der Waals surface area (Å²) in [5, 5.41) is 11.1. The number of nitrogens with zero attached hydrogens (tertiary/aromatic N) is 1. The molecule has 1 amide bonds. The highest BCUT2D eigenvalue weighted by Crippen LogP contribution is 2.18. The largest absolute Gasteiger partial charge is 0.465 e. The maximum Gasteiger partial charge on any atom is 0.411 e. The lowest BCUT2D eigenvalue weighted by molar-refractivity contribution is 0.209. The zero-order chi connectivity index (χ0) is 10.1. The smallest absolute Gasteiger partial charge is 0.411 e. The second-order valence-electron chi connectivity index (χ2n) is 2.68. The number of benzene rings is 1. The number of hydrogen-bond acceptors (Lipinski definition) is 2. The average Bonchev–Trinajstić information content (AvgIpc) is 2.44. The van der Waals surface area contributed by atoms with Gasteiger partial charge in [-0.2, -0.15) is 0 Å². The van der Waals surface area contributed by atoms with Gasteiger partial charge in [0.1, 0.15) is 0 Å². The number of carboxylic acid groups (broad SMARTS) is 1. The number of nitrogens with one attached hydrogen (secondary N) is 2. The molecule has 0 aliphatic rings. The van der Waals surface area contributed by atoms with Crippen LogP contribution in [0.3, 0.4) is 0 Å². The van der Waals surface area contributed by atoms with Gasteiger partial charge in [0, 0.05) is 5.02 Å². The van der Waals surface area contributed by atoms with Crippen molar-refractivity contribution in [3.8, 4) is 0 Å². The third kappa shape index (κ3) is 1.62. The molecule has 3 N–H and O–H groups in total. The minimum atomic E-state index is -1.16. The van der Waals surface area contributed by atoms with E-state index >= 15 is 0 Å². The standard InChI is InChI=1S/C8H6ClN3O2/c9-4-1-2-5-6(3-4)11-7(10-5)12-8(13)14/h1-3H,(H,13,14)(H2,10,11,12). The summed E-state index contributed by atoms with van der Waals surface area (Å²) in [5.74, 6) is 0.190. The van der Waals surface area contributed by atoms with E-state index in [1.54, 1.807) is 18.2 Å². The number of imidazole rings is 1. The maximum absolute atomic E-state index is 10.3. The van der Waals surface area contributed by atoms with Crippen LogP contribution in [0.1, 0.15) is 0 Å². The predicted molar refractivity (Wildman–Crippen MR) is 52.8 cm³/mol. The Kier molecular flexibility index (Phi) is 2.01. The Labute approximate surface area is 83.7 Å². The lowest BCUT2D eigenvalue weighted by atomic mass is 10.3. The van der Waals surface area contributed by atoms with Crippen LogP contribution >= 0.6 is 11.6 Å². The van der Waals surface area contributed by atoms with E-state index in [1.165, 1.54) is 0 Å². The molecule has 1 heterocycles. The maximum atomic E-state index is 10.3. The number of H-pyrrole nitrogens is 1. The second kappa shape index (κ2) is 3.19. The van der Waals surface area contributed by atoms with Crippen molar-refractivity contribution in [2.24, 2.45) is 0 Å². The molecule has 0 saturated carbocycles. The zero-order valence-electron chi connectivity index (χ0n) is 6.91. The molecule has 0 saturated heterocycles. The topological polar surface area (TPSA) is 78.0 Å². The molecule has 0 aliphatic carbocycles. The van der Waals surface area contributed by atoms with Gasteiger partial charge in [-0.1, -0.05) is 11.6 Å². The molecule has 0 bridgehead atoms. The predicted octanol–water partition coefficient (Wildman–Crippen LogP) is 2.31. The van der Waals surface area contributed by atoms with Gasteiger partial charge in [0.05, 0.1) is 11.0 Å². The number of fused-ring (bicyclic) bond motifs is 1. The van der Waals surface area contributed by atoms with Crippen molar-refractivity contribution >= 4 is 34.7 Å². The molecule has 2 rings (SSSR count). The molecule has 0 aliphatic heterocycles. The van der Waals surface area contributed by atoms with Gasteiger partial charge in [-0.3, -0.25) is 5.32 Å². The molecule has 72 valence electrons. The summed E-state index contributed by atoms with van der Waals surface area (Å²) in [6.07, 6.45) is -1.16. The average molecular weight is 212 g/mol. The van der Waals surface area contributed by atoms with E-state index < -0.39 is 6.09 Å². The van der Waals surface area contributed by atoms with Gasteiger partial charge in [-0.15, -0.1) is 0 Å². The minimum absolute atomic E-state index is 0.190. The highest BCUT2D eigenvalue weighted by atomic mass is 35.5. The van der Waals surface area contributed by atoms with Crippen molar-refractivity contribution in [3.63, 3.8) is 0 Å². The third-order valence-electron chi connectivity index (χ3n) is 1.67. The quantitative estimate of drug-likeness (QED) is 0.677. The Hall–Kier alpha value is -1.75. The van der Waals surface area contributed by atoms with E-state index in [2.05, 4.69) is 15.3 Å². The van der Waals surface area contributed by atoms with Gasteiger partial charge in [0.15, 0.2) is 0 Å². The molecule has 5 nitrogen and oxygen atoms in total. The molecule has 1 aromatic carbocycles. The van der Waals surface area contributed by atoms with Crippen LogP contribution in [0.5, 0.6) is 0 Å². The molecule has 1 aromatic heterocycles. The molecular weight excluding hydrogens is 206 g/mol.